The Labute approximate surface area is 99.6 Å². The molecule has 0 atom stereocenters. The molecule has 2 N–H and O–H groups in total. The van der Waals surface area contributed by atoms with Gasteiger partial charge in [-0.25, -0.2) is 0 Å². The summed E-state index contributed by atoms with van der Waals surface area (Å²) in [5.74, 6) is -0.972. The molecule has 6 heteroatoms. The average molecular weight is 239 g/mol. The Morgan fingerprint density at radius 2 is 2.06 bits per heavy atom. The molecule has 1 heterocycles. The predicted molar refractivity (Wildman–Crippen MR) is 61.9 cm³/mol. The van der Waals surface area contributed by atoms with E-state index in [1.54, 1.807) is 20.9 Å². The van der Waals surface area contributed by atoms with E-state index in [1.165, 1.54) is 4.90 Å². The maximum absolute atomic E-state index is 12.0. The van der Waals surface area contributed by atoms with E-state index in [9.17, 15) is 9.59 Å². The Balaban J connectivity index is 2.61. The number of hydrogen-bond donors (Lipinski definition) is 2. The first-order valence-electron chi connectivity index (χ1n) is 5.42. The molecule has 0 aliphatic carbocycles. The Kier molecular flexibility index (Phi) is 4.25. The third kappa shape index (κ3) is 3.30. The van der Waals surface area contributed by atoms with Crippen LogP contribution in [-0.2, 0) is 4.79 Å². The van der Waals surface area contributed by atoms with E-state index in [-0.39, 0.29) is 12.3 Å². The van der Waals surface area contributed by atoms with Crippen LogP contribution in [0.3, 0.4) is 0 Å². The van der Waals surface area contributed by atoms with Gasteiger partial charge in [0.05, 0.1) is 11.3 Å². The quantitative estimate of drug-likeness (QED) is 0.801. The van der Waals surface area contributed by atoms with Crippen molar-refractivity contribution >= 4 is 11.9 Å². The lowest BCUT2D eigenvalue weighted by molar-refractivity contribution is -0.137. The van der Waals surface area contributed by atoms with Gasteiger partial charge in [0.25, 0.3) is 5.91 Å². The number of aryl methyl sites for hydroxylation is 2. The molecule has 0 spiro atoms. The Morgan fingerprint density at radius 3 is 2.53 bits per heavy atom. The second-order valence-electron chi connectivity index (χ2n) is 4.03. The van der Waals surface area contributed by atoms with Gasteiger partial charge in [-0.05, 0) is 20.3 Å². The second-order valence-corrected chi connectivity index (χ2v) is 4.03. The molecular weight excluding hydrogens is 222 g/mol. The van der Waals surface area contributed by atoms with Crippen LogP contribution in [0.15, 0.2) is 0 Å². The number of amides is 1. The van der Waals surface area contributed by atoms with Gasteiger partial charge in [-0.1, -0.05) is 0 Å². The van der Waals surface area contributed by atoms with Gasteiger partial charge < -0.3 is 10.0 Å². The standard InChI is InChI=1S/C11H17N3O3/c1-7-10(8(2)13-12-7)11(17)14(3)6-4-5-9(15)16/h4-6H2,1-3H3,(H,12,13)(H,15,16). The first-order chi connectivity index (χ1) is 7.93. The van der Waals surface area contributed by atoms with Crippen LogP contribution in [0.25, 0.3) is 0 Å². The van der Waals surface area contributed by atoms with Gasteiger partial charge in [-0.3, -0.25) is 14.7 Å². The van der Waals surface area contributed by atoms with Gasteiger partial charge in [-0.2, -0.15) is 5.10 Å². The van der Waals surface area contributed by atoms with Gasteiger partial charge >= 0.3 is 5.97 Å². The number of hydrogen-bond acceptors (Lipinski definition) is 3. The minimum absolute atomic E-state index is 0.0704. The summed E-state index contributed by atoms with van der Waals surface area (Å²) in [5.41, 5.74) is 1.97. The normalized spacial score (nSPS) is 10.3. The summed E-state index contributed by atoms with van der Waals surface area (Å²) in [5, 5.41) is 15.2. The van der Waals surface area contributed by atoms with E-state index >= 15 is 0 Å². The molecule has 0 saturated heterocycles. The summed E-state index contributed by atoms with van der Waals surface area (Å²) in [7, 11) is 1.66. The van der Waals surface area contributed by atoms with Crippen molar-refractivity contribution in [3.8, 4) is 0 Å². The lowest BCUT2D eigenvalue weighted by Gasteiger charge is -2.16. The van der Waals surface area contributed by atoms with E-state index in [0.29, 0.717) is 24.2 Å². The highest BCUT2D eigenvalue weighted by atomic mass is 16.4. The van der Waals surface area contributed by atoms with Crippen LogP contribution in [0, 0.1) is 13.8 Å². The number of aromatic nitrogens is 2. The number of carbonyl (C=O) groups is 2. The van der Waals surface area contributed by atoms with Crippen molar-refractivity contribution in [1.29, 1.82) is 0 Å². The van der Waals surface area contributed by atoms with Gasteiger partial charge in [0.1, 0.15) is 0 Å². The minimum Gasteiger partial charge on any atom is -0.481 e. The molecule has 0 saturated carbocycles. The SMILES string of the molecule is Cc1n[nH]c(C)c1C(=O)N(C)CCCC(=O)O. The summed E-state index contributed by atoms with van der Waals surface area (Å²) < 4.78 is 0. The Morgan fingerprint density at radius 1 is 1.41 bits per heavy atom. The molecule has 0 aromatic carbocycles. The van der Waals surface area contributed by atoms with Gasteiger partial charge in [0, 0.05) is 25.7 Å². The number of aliphatic carboxylic acids is 1. The van der Waals surface area contributed by atoms with Crippen molar-refractivity contribution < 1.29 is 14.7 Å². The molecular formula is C11H17N3O3. The molecule has 1 amide bonds. The number of nitrogens with zero attached hydrogens (tertiary/aromatic N) is 2. The predicted octanol–water partition coefficient (Wildman–Crippen LogP) is 0.963. The number of carbonyl (C=O) groups excluding carboxylic acids is 1. The van der Waals surface area contributed by atoms with Crippen molar-refractivity contribution in [2.75, 3.05) is 13.6 Å². The maximum atomic E-state index is 12.0. The minimum atomic E-state index is -0.846. The molecule has 6 nitrogen and oxygen atoms in total. The van der Waals surface area contributed by atoms with Crippen molar-refractivity contribution in [3.63, 3.8) is 0 Å². The topological polar surface area (TPSA) is 86.3 Å². The van der Waals surface area contributed by atoms with Crippen molar-refractivity contribution in [1.82, 2.24) is 15.1 Å². The largest absolute Gasteiger partial charge is 0.481 e. The summed E-state index contributed by atoms with van der Waals surface area (Å²) in [4.78, 5) is 23.9. The zero-order valence-electron chi connectivity index (χ0n) is 10.3. The van der Waals surface area contributed by atoms with E-state index < -0.39 is 5.97 Å². The van der Waals surface area contributed by atoms with Gasteiger partial charge in [0.2, 0.25) is 0 Å². The smallest absolute Gasteiger partial charge is 0.303 e. The Bertz CT molecular complexity index is 406. The third-order valence-electron chi connectivity index (χ3n) is 2.57. The zero-order valence-corrected chi connectivity index (χ0v) is 10.3. The molecule has 0 unspecified atom stereocenters. The van der Waals surface area contributed by atoms with Crippen LogP contribution in [0.1, 0.15) is 34.6 Å². The molecule has 1 rings (SSSR count). The number of carboxylic acid groups (broad SMARTS) is 1. The number of carboxylic acids is 1. The highest BCUT2D eigenvalue weighted by molar-refractivity contribution is 5.96. The molecule has 0 aliphatic rings. The number of nitrogens with one attached hydrogen (secondary N) is 1. The van der Waals surface area contributed by atoms with Crippen LogP contribution in [0.4, 0.5) is 0 Å². The Hall–Kier alpha value is -1.85. The van der Waals surface area contributed by atoms with Gasteiger partial charge in [0.15, 0.2) is 0 Å². The summed E-state index contributed by atoms with van der Waals surface area (Å²) >= 11 is 0. The second kappa shape index (κ2) is 5.47. The first kappa shape index (κ1) is 13.2. The van der Waals surface area contributed by atoms with Crippen molar-refractivity contribution in [2.45, 2.75) is 26.7 Å². The average Bonchev–Trinajstić information content (AvgIpc) is 2.57. The molecule has 0 radical (unpaired) electrons. The molecule has 94 valence electrons. The van der Waals surface area contributed by atoms with E-state index in [1.807, 2.05) is 0 Å². The van der Waals surface area contributed by atoms with E-state index in [2.05, 4.69) is 10.2 Å². The number of rotatable bonds is 5. The fourth-order valence-electron chi connectivity index (χ4n) is 1.63. The van der Waals surface area contributed by atoms with Crippen LogP contribution in [-0.4, -0.2) is 45.7 Å². The van der Waals surface area contributed by atoms with Crippen molar-refractivity contribution in [3.05, 3.63) is 17.0 Å². The van der Waals surface area contributed by atoms with Crippen LogP contribution in [0.5, 0.6) is 0 Å². The highest BCUT2D eigenvalue weighted by Gasteiger charge is 2.18. The maximum Gasteiger partial charge on any atom is 0.303 e. The molecule has 0 fully saturated rings. The lowest BCUT2D eigenvalue weighted by Crippen LogP contribution is -2.28. The molecule has 0 bridgehead atoms. The number of H-pyrrole nitrogens is 1. The summed E-state index contributed by atoms with van der Waals surface area (Å²) in [6.45, 7) is 3.98. The monoisotopic (exact) mass is 239 g/mol. The highest BCUT2D eigenvalue weighted by Crippen LogP contribution is 2.12. The number of aromatic amines is 1. The molecule has 1 aromatic rings. The molecule has 1 aromatic heterocycles. The fraction of sp³-hybridized carbons (Fsp3) is 0.545. The fourth-order valence-corrected chi connectivity index (χ4v) is 1.63. The summed E-state index contributed by atoms with van der Waals surface area (Å²) in [6.07, 6.45) is 0.522. The zero-order chi connectivity index (χ0) is 13.0. The third-order valence-corrected chi connectivity index (χ3v) is 2.57. The van der Waals surface area contributed by atoms with Crippen LogP contribution in [0.2, 0.25) is 0 Å². The molecule has 17 heavy (non-hydrogen) atoms. The lowest BCUT2D eigenvalue weighted by atomic mass is 10.1. The van der Waals surface area contributed by atoms with Crippen LogP contribution < -0.4 is 0 Å². The van der Waals surface area contributed by atoms with Crippen LogP contribution >= 0.6 is 0 Å². The molecule has 0 aliphatic heterocycles. The summed E-state index contributed by atoms with van der Waals surface area (Å²) in [6, 6.07) is 0. The first-order valence-corrected chi connectivity index (χ1v) is 5.42. The van der Waals surface area contributed by atoms with Gasteiger partial charge in [-0.15, -0.1) is 0 Å². The van der Waals surface area contributed by atoms with Crippen molar-refractivity contribution in [2.24, 2.45) is 0 Å². The van der Waals surface area contributed by atoms with E-state index in [4.69, 9.17) is 5.11 Å². The van der Waals surface area contributed by atoms with E-state index in [0.717, 1.165) is 5.69 Å².